The Kier molecular flexibility index (Phi) is 3.49. The smallest absolute Gasteiger partial charge is 0.444 e. The molecule has 1 heterocycles. The van der Waals surface area contributed by atoms with Crippen LogP contribution < -0.4 is 5.59 Å². The van der Waals surface area contributed by atoms with Crippen LogP contribution in [-0.4, -0.2) is 22.0 Å². The van der Waals surface area contributed by atoms with Crippen LogP contribution in [0, 0.1) is 0 Å². The number of alkyl halides is 3. The Bertz CT molecular complexity index is 604. The molecule has 0 bridgehead atoms. The van der Waals surface area contributed by atoms with Crippen LogP contribution >= 0.6 is 0 Å². The van der Waals surface area contributed by atoms with Gasteiger partial charge in [0, 0.05) is 11.8 Å². The Morgan fingerprint density at radius 3 is 2.40 bits per heavy atom. The summed E-state index contributed by atoms with van der Waals surface area (Å²) >= 11 is 0. The topological polar surface area (TPSA) is 30.7 Å². The molecular weight excluding hydrogens is 287 g/mol. The predicted molar refractivity (Wildman–Crippen MR) is 59.3 cm³/mol. The molecule has 2 aromatic rings. The van der Waals surface area contributed by atoms with Gasteiger partial charge in [-0.2, -0.15) is 18.3 Å². The predicted octanol–water partition coefficient (Wildman–Crippen LogP) is 2.40. The zero-order valence-corrected chi connectivity index (χ0v) is 9.78. The third-order valence-electron chi connectivity index (χ3n) is 2.49. The van der Waals surface area contributed by atoms with Crippen LogP contribution in [-0.2, 0) is 12.7 Å². The lowest BCUT2D eigenvalue weighted by Gasteiger charge is -2.09. The number of halogens is 6. The summed E-state index contributed by atoms with van der Waals surface area (Å²) in [5, 5.41) is 6.20. The Morgan fingerprint density at radius 1 is 1.15 bits per heavy atom. The van der Waals surface area contributed by atoms with Gasteiger partial charge in [0.2, 0.25) is 0 Å². The van der Waals surface area contributed by atoms with E-state index in [9.17, 15) is 26.1 Å². The van der Waals surface area contributed by atoms with Gasteiger partial charge in [0.25, 0.3) is 0 Å². The second-order valence-corrected chi connectivity index (χ2v) is 4.11. The van der Waals surface area contributed by atoms with Crippen molar-refractivity contribution in [1.29, 1.82) is 0 Å². The molecule has 0 unspecified atom stereocenters. The largest absolute Gasteiger partial charge is 0.531 e. The number of hydrogen-bond donors (Lipinski definition) is 0. The summed E-state index contributed by atoms with van der Waals surface area (Å²) in [7, 11) is 0. The van der Waals surface area contributed by atoms with Crippen LogP contribution in [0.2, 0.25) is 0 Å². The van der Waals surface area contributed by atoms with Crippen LogP contribution in [0.25, 0.3) is 0 Å². The molecule has 0 spiro atoms. The van der Waals surface area contributed by atoms with Gasteiger partial charge in [-0.15, -0.1) is 0 Å². The van der Waals surface area contributed by atoms with Crippen molar-refractivity contribution >= 4 is 12.6 Å². The number of hydrogen-bond acceptors (Lipinski definition) is 2. The monoisotopic (exact) mass is 294 g/mol. The third kappa shape index (κ3) is 3.31. The first kappa shape index (κ1) is 14.4. The highest BCUT2D eigenvalue weighted by molar-refractivity contribution is 6.72. The molecule has 0 amide bonds. The van der Waals surface area contributed by atoms with Gasteiger partial charge in [-0.3, -0.25) is 4.68 Å². The van der Waals surface area contributed by atoms with E-state index in [2.05, 4.69) is 10.3 Å². The van der Waals surface area contributed by atoms with Crippen LogP contribution in [0.15, 0.2) is 30.5 Å². The van der Waals surface area contributed by atoms with Crippen molar-refractivity contribution in [2.45, 2.75) is 12.7 Å². The average molecular weight is 294 g/mol. The summed E-state index contributed by atoms with van der Waals surface area (Å²) in [5.41, 5.74) is -1.81. The van der Waals surface area contributed by atoms with Gasteiger partial charge in [0.1, 0.15) is 0 Å². The lowest BCUT2D eigenvalue weighted by molar-refractivity contribution is -0.137. The normalized spacial score (nSPS) is 12.7. The summed E-state index contributed by atoms with van der Waals surface area (Å²) in [4.78, 5) is 0. The van der Waals surface area contributed by atoms with Crippen molar-refractivity contribution in [3.8, 4) is 0 Å². The van der Waals surface area contributed by atoms with E-state index in [1.807, 2.05) is 0 Å². The maximum atomic E-state index is 12.5. The van der Waals surface area contributed by atoms with E-state index >= 15 is 0 Å². The van der Waals surface area contributed by atoms with Gasteiger partial charge in [-0.25, -0.2) is 0 Å². The molecule has 1 aromatic heterocycles. The first-order valence-electron chi connectivity index (χ1n) is 5.42. The molecule has 1 aromatic carbocycles. The van der Waals surface area contributed by atoms with E-state index < -0.39 is 24.3 Å². The molecule has 0 aliphatic rings. The van der Waals surface area contributed by atoms with E-state index in [-0.39, 0.29) is 12.1 Å². The Morgan fingerprint density at radius 2 is 1.85 bits per heavy atom. The van der Waals surface area contributed by atoms with Gasteiger partial charge in [0.05, 0.1) is 12.1 Å². The van der Waals surface area contributed by atoms with Crippen LogP contribution in [0.1, 0.15) is 11.1 Å². The van der Waals surface area contributed by atoms with Gasteiger partial charge in [0.15, 0.2) is 0 Å². The summed E-state index contributed by atoms with van der Waals surface area (Å²) in [5.74, 6) is 0. The second kappa shape index (κ2) is 4.84. The third-order valence-corrected chi connectivity index (χ3v) is 2.49. The maximum Gasteiger partial charge on any atom is 0.531 e. The molecule has 0 radical (unpaired) electrons. The minimum Gasteiger partial charge on any atom is -0.444 e. The van der Waals surface area contributed by atoms with E-state index in [0.717, 1.165) is 16.8 Å². The molecule has 108 valence electrons. The van der Waals surface area contributed by atoms with Crippen molar-refractivity contribution in [3.63, 3.8) is 0 Å². The van der Waals surface area contributed by atoms with E-state index in [4.69, 9.17) is 0 Å². The molecule has 0 saturated heterocycles. The Balaban J connectivity index is 2.20. The van der Waals surface area contributed by atoms with Gasteiger partial charge >= 0.3 is 13.2 Å². The fraction of sp³-hybridized carbons (Fsp3) is 0.200. The molecular formula is C10H7BF6N3-. The quantitative estimate of drug-likeness (QED) is 0.643. The molecule has 0 N–H and O–H groups in total. The molecule has 2 rings (SSSR count). The zero-order chi connectivity index (χ0) is 15.0. The summed E-state index contributed by atoms with van der Waals surface area (Å²) < 4.78 is 75.4. The van der Waals surface area contributed by atoms with E-state index in [1.54, 1.807) is 0 Å². The maximum absolute atomic E-state index is 12.5. The van der Waals surface area contributed by atoms with Crippen LogP contribution in [0.5, 0.6) is 0 Å². The highest BCUT2D eigenvalue weighted by Gasteiger charge is 2.31. The first-order chi connectivity index (χ1) is 9.16. The minimum absolute atomic E-state index is 0.186. The van der Waals surface area contributed by atoms with Crippen molar-refractivity contribution < 1.29 is 26.1 Å². The highest BCUT2D eigenvalue weighted by Crippen LogP contribution is 2.29. The molecule has 0 atom stereocenters. The van der Waals surface area contributed by atoms with Crippen molar-refractivity contribution in [2.24, 2.45) is 0 Å². The summed E-state index contributed by atoms with van der Waals surface area (Å²) in [6.07, 6.45) is -3.83. The lowest BCUT2D eigenvalue weighted by Crippen LogP contribution is -2.35. The van der Waals surface area contributed by atoms with Crippen LogP contribution in [0.3, 0.4) is 0 Å². The Labute approximate surface area is 109 Å². The number of benzene rings is 1. The molecule has 0 aliphatic heterocycles. The lowest BCUT2D eigenvalue weighted by atomic mass is 9.87. The number of nitrogens with zero attached hydrogens (tertiary/aromatic N) is 3. The van der Waals surface area contributed by atoms with Crippen molar-refractivity contribution in [2.75, 3.05) is 0 Å². The molecule has 10 heteroatoms. The highest BCUT2D eigenvalue weighted by atomic mass is 19.4. The molecule has 3 nitrogen and oxygen atoms in total. The van der Waals surface area contributed by atoms with E-state index in [0.29, 0.717) is 6.20 Å². The molecule has 0 fully saturated rings. The number of aromatic nitrogens is 3. The standard InChI is InChI=1S/C10H7BF6N3/c12-10(13,14)8-3-1-2-7(4-8)5-20-6-9(18-19-20)11(15,16)17/h1-4,6H,5H2/q-1. The number of rotatable bonds is 3. The second-order valence-electron chi connectivity index (χ2n) is 4.11. The van der Waals surface area contributed by atoms with Gasteiger partial charge < -0.3 is 12.9 Å². The average Bonchev–Trinajstić information content (AvgIpc) is 2.76. The Hall–Kier alpha value is -2.00. The fourth-order valence-corrected chi connectivity index (χ4v) is 1.57. The van der Waals surface area contributed by atoms with Crippen molar-refractivity contribution in [3.05, 3.63) is 41.6 Å². The van der Waals surface area contributed by atoms with E-state index in [1.165, 1.54) is 12.1 Å². The molecule has 0 saturated carbocycles. The SMILES string of the molecule is F[B-](F)(F)c1cn(Cc2cccc(C(F)(F)F)c2)nn1. The van der Waals surface area contributed by atoms with Gasteiger partial charge in [-0.1, -0.05) is 17.3 Å². The minimum atomic E-state index is -5.27. The van der Waals surface area contributed by atoms with Crippen molar-refractivity contribution in [1.82, 2.24) is 15.0 Å². The van der Waals surface area contributed by atoms with Crippen LogP contribution in [0.4, 0.5) is 26.1 Å². The first-order valence-corrected chi connectivity index (χ1v) is 5.42. The fourth-order valence-electron chi connectivity index (χ4n) is 1.57. The summed E-state index contributed by atoms with van der Waals surface area (Å²) in [6.45, 7) is -5.49. The zero-order valence-electron chi connectivity index (χ0n) is 9.78. The molecule has 20 heavy (non-hydrogen) atoms. The van der Waals surface area contributed by atoms with Gasteiger partial charge in [-0.05, 0) is 17.7 Å². The molecule has 0 aliphatic carbocycles. The summed E-state index contributed by atoms with van der Waals surface area (Å²) in [6, 6.07) is 4.30.